The highest BCUT2D eigenvalue weighted by Gasteiger charge is 2.40. The number of amides is 2. The van der Waals surface area contributed by atoms with Crippen LogP contribution in [0.1, 0.15) is 45.6 Å². The predicted molar refractivity (Wildman–Crippen MR) is 103 cm³/mol. The average molecular weight is 407 g/mol. The maximum Gasteiger partial charge on any atom is 0.243 e. The zero-order valence-electron chi connectivity index (χ0n) is 16.3. The van der Waals surface area contributed by atoms with E-state index in [1.807, 2.05) is 20.8 Å². The Kier molecular flexibility index (Phi) is 6.47. The molecule has 0 bridgehead atoms. The Morgan fingerprint density at radius 3 is 2.43 bits per heavy atom. The van der Waals surface area contributed by atoms with E-state index >= 15 is 0 Å². The zero-order valence-corrected chi connectivity index (χ0v) is 17.1. The van der Waals surface area contributed by atoms with Crippen molar-refractivity contribution in [2.75, 3.05) is 6.54 Å². The van der Waals surface area contributed by atoms with E-state index in [-0.39, 0.29) is 23.3 Å². The molecule has 0 aliphatic carbocycles. The lowest BCUT2D eigenvalue weighted by Crippen LogP contribution is -2.49. The molecule has 1 aliphatic heterocycles. The molecular formula is C19H26N4O4S. The Morgan fingerprint density at radius 1 is 1.32 bits per heavy atom. The first-order valence-electron chi connectivity index (χ1n) is 9.07. The Hall–Kier alpha value is -2.44. The highest BCUT2D eigenvalue weighted by molar-refractivity contribution is 7.89. The van der Waals surface area contributed by atoms with Gasteiger partial charge >= 0.3 is 0 Å². The van der Waals surface area contributed by atoms with E-state index in [1.54, 1.807) is 30.3 Å². The molecule has 2 amide bonds. The number of primary amides is 1. The van der Waals surface area contributed by atoms with Gasteiger partial charge in [-0.3, -0.25) is 9.59 Å². The van der Waals surface area contributed by atoms with Crippen molar-refractivity contribution < 1.29 is 18.0 Å². The highest BCUT2D eigenvalue weighted by Crippen LogP contribution is 2.28. The minimum Gasteiger partial charge on any atom is -0.370 e. The second kappa shape index (κ2) is 8.29. The first-order chi connectivity index (χ1) is 13.0. The first kappa shape index (κ1) is 21.9. The van der Waals surface area contributed by atoms with Crippen LogP contribution in [0.25, 0.3) is 0 Å². The van der Waals surface area contributed by atoms with E-state index in [1.165, 1.54) is 0 Å². The fraction of sp³-hybridized carbons (Fsp3) is 0.526. The lowest BCUT2D eigenvalue weighted by atomic mass is 9.87. The molecule has 9 heteroatoms. The van der Waals surface area contributed by atoms with Gasteiger partial charge in [-0.2, -0.15) is 9.57 Å². The average Bonchev–Trinajstić information content (AvgIpc) is 3.10. The summed E-state index contributed by atoms with van der Waals surface area (Å²) in [6.07, 6.45) is 0.556. The van der Waals surface area contributed by atoms with Crippen molar-refractivity contribution in [1.29, 1.82) is 5.26 Å². The van der Waals surface area contributed by atoms with Crippen molar-refractivity contribution in [3.05, 3.63) is 29.8 Å². The lowest BCUT2D eigenvalue weighted by molar-refractivity contribution is -0.125. The number of hydrogen-bond acceptors (Lipinski definition) is 5. The molecule has 1 fully saturated rings. The molecule has 0 saturated carbocycles. The third kappa shape index (κ3) is 4.88. The number of sulfonamides is 1. The van der Waals surface area contributed by atoms with Crippen molar-refractivity contribution in [3.63, 3.8) is 0 Å². The van der Waals surface area contributed by atoms with Gasteiger partial charge in [-0.25, -0.2) is 8.42 Å². The minimum atomic E-state index is -3.86. The minimum absolute atomic E-state index is 0.106. The van der Waals surface area contributed by atoms with Gasteiger partial charge in [-0.05, 0) is 36.0 Å². The molecule has 8 nitrogen and oxygen atoms in total. The summed E-state index contributed by atoms with van der Waals surface area (Å²) in [7, 11) is -3.86. The monoisotopic (exact) mass is 406 g/mol. The second-order valence-corrected chi connectivity index (χ2v) is 9.80. The zero-order chi connectivity index (χ0) is 21.1. The van der Waals surface area contributed by atoms with Gasteiger partial charge in [0.05, 0.1) is 17.4 Å². The topological polar surface area (TPSA) is 133 Å². The van der Waals surface area contributed by atoms with Crippen LogP contribution >= 0.6 is 0 Å². The Balaban J connectivity index is 2.21. The fourth-order valence-electron chi connectivity index (χ4n) is 3.15. The molecule has 1 heterocycles. The van der Waals surface area contributed by atoms with Crippen LogP contribution in [0.4, 0.5) is 0 Å². The van der Waals surface area contributed by atoms with E-state index < -0.39 is 33.9 Å². The van der Waals surface area contributed by atoms with Gasteiger partial charge in [0, 0.05) is 6.54 Å². The molecule has 28 heavy (non-hydrogen) atoms. The van der Waals surface area contributed by atoms with Crippen molar-refractivity contribution in [3.8, 4) is 6.07 Å². The number of carbonyl (C=O) groups excluding carboxylic acids is 2. The van der Waals surface area contributed by atoms with Crippen LogP contribution in [-0.4, -0.2) is 43.2 Å². The van der Waals surface area contributed by atoms with Gasteiger partial charge in [0.25, 0.3) is 0 Å². The number of nitrogens with one attached hydrogen (secondary N) is 1. The second-order valence-electron chi connectivity index (χ2n) is 7.91. The van der Waals surface area contributed by atoms with E-state index in [0.717, 1.165) is 9.87 Å². The van der Waals surface area contributed by atoms with E-state index in [4.69, 9.17) is 11.0 Å². The van der Waals surface area contributed by atoms with E-state index in [0.29, 0.717) is 12.8 Å². The standard InChI is InChI=1S/C19H26N4O4S/c1-19(2,3)13-6-8-15(9-7-13)28(26,27)23-10-4-5-16(23)18(25)22-14(12-20)11-17(21)24/h6-9,14,16H,4-5,10-11H2,1-3H3,(H2,21,24)(H,22,25)/t14-,16-/m0/s1. The Morgan fingerprint density at radius 2 is 1.93 bits per heavy atom. The third-order valence-electron chi connectivity index (χ3n) is 4.71. The molecule has 1 aliphatic rings. The summed E-state index contributed by atoms with van der Waals surface area (Å²) in [5.74, 6) is -1.32. The van der Waals surface area contributed by atoms with Gasteiger partial charge in [0.2, 0.25) is 21.8 Å². The summed E-state index contributed by atoms with van der Waals surface area (Å²) in [6, 6.07) is 6.44. The molecule has 1 aromatic rings. The summed E-state index contributed by atoms with van der Waals surface area (Å²) >= 11 is 0. The molecule has 1 saturated heterocycles. The summed E-state index contributed by atoms with van der Waals surface area (Å²) < 4.78 is 27.3. The maximum absolute atomic E-state index is 13.1. The summed E-state index contributed by atoms with van der Waals surface area (Å²) in [6.45, 7) is 6.33. The molecule has 0 aromatic heterocycles. The summed E-state index contributed by atoms with van der Waals surface area (Å²) in [5.41, 5.74) is 5.96. The molecule has 2 atom stereocenters. The molecule has 2 rings (SSSR count). The van der Waals surface area contributed by atoms with Gasteiger partial charge in [-0.15, -0.1) is 0 Å². The van der Waals surface area contributed by atoms with Crippen molar-refractivity contribution in [2.45, 2.75) is 62.4 Å². The summed E-state index contributed by atoms with van der Waals surface area (Å²) in [4.78, 5) is 23.7. The summed E-state index contributed by atoms with van der Waals surface area (Å²) in [5, 5.41) is 11.5. The largest absolute Gasteiger partial charge is 0.370 e. The van der Waals surface area contributed by atoms with Crippen LogP contribution in [-0.2, 0) is 25.0 Å². The molecular weight excluding hydrogens is 380 g/mol. The van der Waals surface area contributed by atoms with E-state index in [9.17, 15) is 18.0 Å². The van der Waals surface area contributed by atoms with Crippen LogP contribution < -0.4 is 11.1 Å². The molecule has 152 valence electrons. The smallest absolute Gasteiger partial charge is 0.243 e. The number of rotatable bonds is 6. The normalized spacial score (nSPS) is 19.0. The Bertz CT molecular complexity index is 882. The van der Waals surface area contributed by atoms with Gasteiger partial charge < -0.3 is 11.1 Å². The van der Waals surface area contributed by atoms with Crippen LogP contribution in [0.15, 0.2) is 29.2 Å². The third-order valence-corrected chi connectivity index (χ3v) is 6.63. The van der Waals surface area contributed by atoms with Crippen molar-refractivity contribution >= 4 is 21.8 Å². The van der Waals surface area contributed by atoms with E-state index in [2.05, 4.69) is 5.32 Å². The number of nitriles is 1. The maximum atomic E-state index is 13.1. The SMILES string of the molecule is CC(C)(C)c1ccc(S(=O)(=O)N2CCC[C@H]2C(=O)N[C@H](C#N)CC(N)=O)cc1. The van der Waals surface area contributed by atoms with Crippen molar-refractivity contribution in [2.24, 2.45) is 5.73 Å². The van der Waals surface area contributed by atoms with Crippen LogP contribution in [0, 0.1) is 11.3 Å². The number of nitrogens with two attached hydrogens (primary N) is 1. The number of benzene rings is 1. The highest BCUT2D eigenvalue weighted by atomic mass is 32.2. The van der Waals surface area contributed by atoms with Crippen LogP contribution in [0.2, 0.25) is 0 Å². The molecule has 0 unspecified atom stereocenters. The number of nitrogens with zero attached hydrogens (tertiary/aromatic N) is 2. The number of hydrogen-bond donors (Lipinski definition) is 2. The first-order valence-corrected chi connectivity index (χ1v) is 10.5. The quantitative estimate of drug-likeness (QED) is 0.727. The van der Waals surface area contributed by atoms with Gasteiger partial charge in [0.15, 0.2) is 0 Å². The molecule has 3 N–H and O–H groups in total. The van der Waals surface area contributed by atoms with Gasteiger partial charge in [-0.1, -0.05) is 32.9 Å². The molecule has 0 spiro atoms. The molecule has 0 radical (unpaired) electrons. The van der Waals surface area contributed by atoms with Gasteiger partial charge in [0.1, 0.15) is 12.1 Å². The lowest BCUT2D eigenvalue weighted by Gasteiger charge is -2.25. The molecule has 1 aromatic carbocycles. The Labute approximate surface area is 165 Å². The van der Waals surface area contributed by atoms with Crippen LogP contribution in [0.3, 0.4) is 0 Å². The number of carbonyl (C=O) groups is 2. The van der Waals surface area contributed by atoms with Crippen LogP contribution in [0.5, 0.6) is 0 Å². The van der Waals surface area contributed by atoms with Crippen molar-refractivity contribution in [1.82, 2.24) is 9.62 Å². The predicted octanol–water partition coefficient (Wildman–Crippen LogP) is 1.02. The fourth-order valence-corrected chi connectivity index (χ4v) is 4.81.